The number of likely N-dealkylation sites (tertiary alicyclic amines) is 1. The van der Waals surface area contributed by atoms with Gasteiger partial charge in [-0.2, -0.15) is 0 Å². The summed E-state index contributed by atoms with van der Waals surface area (Å²) in [6.07, 6.45) is 3.30. The number of hydrogen-bond acceptors (Lipinski definition) is 5. The van der Waals surface area contributed by atoms with Gasteiger partial charge in [-0.25, -0.2) is 8.42 Å². The molecule has 1 aliphatic heterocycles. The van der Waals surface area contributed by atoms with Crippen LogP contribution in [0.4, 0.5) is 0 Å². The number of halogens is 2. The molecule has 0 spiro atoms. The molecule has 2 aliphatic carbocycles. The first kappa shape index (κ1) is 30.0. The van der Waals surface area contributed by atoms with Crippen molar-refractivity contribution in [1.82, 2.24) is 4.90 Å². The van der Waals surface area contributed by atoms with Crippen LogP contribution in [0, 0.1) is 11.8 Å². The van der Waals surface area contributed by atoms with E-state index in [9.17, 15) is 23.1 Å². The molecule has 0 aromatic heterocycles. The minimum Gasteiger partial charge on any atom is -0.489 e. The van der Waals surface area contributed by atoms with Crippen molar-refractivity contribution in [3.63, 3.8) is 0 Å². The average molecular weight is 643 g/mol. The van der Waals surface area contributed by atoms with Crippen LogP contribution in [0.1, 0.15) is 55.2 Å². The van der Waals surface area contributed by atoms with Crippen molar-refractivity contribution in [2.24, 2.45) is 11.8 Å². The van der Waals surface area contributed by atoms with Crippen LogP contribution in [0.5, 0.6) is 5.75 Å². The van der Waals surface area contributed by atoms with Crippen molar-refractivity contribution in [2.45, 2.75) is 67.2 Å². The van der Waals surface area contributed by atoms with Crippen LogP contribution in [0.25, 0.3) is 0 Å². The first-order valence-electron chi connectivity index (χ1n) is 14.7. The molecular weight excluding hydrogens is 609 g/mol. The number of amides is 1. The fourth-order valence-corrected chi connectivity index (χ4v) is 10.2. The van der Waals surface area contributed by atoms with Gasteiger partial charge in [-0.05, 0) is 92.5 Å². The van der Waals surface area contributed by atoms with Crippen molar-refractivity contribution in [1.29, 1.82) is 0 Å². The molecule has 2 atom stereocenters. The minimum atomic E-state index is -3.92. The van der Waals surface area contributed by atoms with Gasteiger partial charge in [0.05, 0.1) is 16.9 Å². The van der Waals surface area contributed by atoms with Crippen LogP contribution in [0.15, 0.2) is 71.6 Å². The largest absolute Gasteiger partial charge is 0.489 e. The fraction of sp³-hybridized carbons (Fsp3) is 0.394. The Bertz CT molecular complexity index is 1630. The Hall–Kier alpha value is -3.07. The molecule has 43 heavy (non-hydrogen) atoms. The lowest BCUT2D eigenvalue weighted by atomic mass is 9.77. The number of fused-ring (bicyclic) bond motifs is 3. The Morgan fingerprint density at radius 2 is 1.58 bits per heavy atom. The SMILES string of the molecule is O=C(O)C1CCC(C(=O)N2CC[C@@]3(S(=O)(=O)c4ccccc4)c4ccc(OCc5c(Cl)cccc5Cl)cc4CC[C@@H]23)CC1. The zero-order chi connectivity index (χ0) is 30.4. The van der Waals surface area contributed by atoms with E-state index in [4.69, 9.17) is 27.9 Å². The summed E-state index contributed by atoms with van der Waals surface area (Å²) in [5, 5.41) is 10.4. The van der Waals surface area contributed by atoms with E-state index in [2.05, 4.69) is 0 Å². The minimum absolute atomic E-state index is 0.0565. The number of hydrogen-bond donors (Lipinski definition) is 1. The van der Waals surface area contributed by atoms with Crippen LogP contribution in [0.2, 0.25) is 10.0 Å². The molecule has 1 amide bonds. The first-order chi connectivity index (χ1) is 20.6. The third-order valence-corrected chi connectivity index (χ3v) is 12.8. The molecular formula is C33H33Cl2NO6S. The maximum Gasteiger partial charge on any atom is 0.306 e. The molecule has 7 nitrogen and oxygen atoms in total. The molecule has 0 unspecified atom stereocenters. The highest BCUT2D eigenvalue weighted by molar-refractivity contribution is 7.92. The van der Waals surface area contributed by atoms with Gasteiger partial charge >= 0.3 is 5.97 Å². The van der Waals surface area contributed by atoms with E-state index in [0.717, 1.165) is 5.56 Å². The van der Waals surface area contributed by atoms with Gasteiger partial charge in [-0.15, -0.1) is 0 Å². The molecule has 0 bridgehead atoms. The van der Waals surface area contributed by atoms with Gasteiger partial charge in [0.1, 0.15) is 17.1 Å². The molecule has 1 heterocycles. The van der Waals surface area contributed by atoms with Crippen LogP contribution in [-0.2, 0) is 37.2 Å². The smallest absolute Gasteiger partial charge is 0.306 e. The van der Waals surface area contributed by atoms with Crippen LogP contribution < -0.4 is 4.74 Å². The van der Waals surface area contributed by atoms with Crippen LogP contribution in [0.3, 0.4) is 0 Å². The number of ether oxygens (including phenoxy) is 1. The summed E-state index contributed by atoms with van der Waals surface area (Å²) in [5.41, 5.74) is 2.27. The van der Waals surface area contributed by atoms with Gasteiger partial charge in [-0.1, -0.05) is 53.5 Å². The summed E-state index contributed by atoms with van der Waals surface area (Å²) < 4.78 is 34.0. The second kappa shape index (κ2) is 11.8. The first-order valence-corrected chi connectivity index (χ1v) is 16.9. The monoisotopic (exact) mass is 641 g/mol. The van der Waals surface area contributed by atoms with Gasteiger partial charge in [0.2, 0.25) is 5.91 Å². The lowest BCUT2D eigenvalue weighted by molar-refractivity contribution is -0.146. The number of carbonyl (C=O) groups is 2. The van der Waals surface area contributed by atoms with Gasteiger partial charge < -0.3 is 14.7 Å². The molecule has 226 valence electrons. The lowest BCUT2D eigenvalue weighted by Crippen LogP contribution is -2.53. The number of carbonyl (C=O) groups excluding carboxylic acids is 1. The second-order valence-corrected chi connectivity index (χ2v) is 14.8. The summed E-state index contributed by atoms with van der Waals surface area (Å²) in [6.45, 7) is 0.497. The van der Waals surface area contributed by atoms with Crippen LogP contribution in [-0.4, -0.2) is 42.9 Å². The van der Waals surface area contributed by atoms with Gasteiger partial charge in [0.15, 0.2) is 9.84 Å². The highest BCUT2D eigenvalue weighted by atomic mass is 35.5. The molecule has 3 aromatic rings. The van der Waals surface area contributed by atoms with Crippen molar-refractivity contribution >= 4 is 44.9 Å². The van der Waals surface area contributed by atoms with E-state index in [1.807, 2.05) is 12.1 Å². The van der Waals surface area contributed by atoms with Gasteiger partial charge in [-0.3, -0.25) is 9.59 Å². The molecule has 2 fully saturated rings. The zero-order valence-electron chi connectivity index (χ0n) is 23.5. The lowest BCUT2D eigenvalue weighted by Gasteiger charge is -2.43. The Morgan fingerprint density at radius 3 is 2.26 bits per heavy atom. The summed E-state index contributed by atoms with van der Waals surface area (Å²) >= 11 is 12.7. The summed E-state index contributed by atoms with van der Waals surface area (Å²) in [6, 6.07) is 18.8. The highest BCUT2D eigenvalue weighted by Gasteiger charge is 2.61. The maximum absolute atomic E-state index is 14.6. The van der Waals surface area contributed by atoms with E-state index >= 15 is 0 Å². The summed E-state index contributed by atoms with van der Waals surface area (Å²) in [4.78, 5) is 27.4. The van der Waals surface area contributed by atoms with Gasteiger partial charge in [0.25, 0.3) is 0 Å². The molecule has 3 aliphatic rings. The number of carboxylic acid groups (broad SMARTS) is 1. The number of carboxylic acids is 1. The van der Waals surface area contributed by atoms with E-state index < -0.39 is 32.5 Å². The molecule has 1 N–H and O–H groups in total. The van der Waals surface area contributed by atoms with Crippen molar-refractivity contribution in [2.75, 3.05) is 6.54 Å². The van der Waals surface area contributed by atoms with E-state index in [1.54, 1.807) is 59.5 Å². The molecule has 3 aromatic carbocycles. The predicted octanol–water partition coefficient (Wildman–Crippen LogP) is 6.68. The van der Waals surface area contributed by atoms with Crippen molar-refractivity contribution in [3.05, 3.63) is 93.5 Å². The number of sulfone groups is 1. The topological polar surface area (TPSA) is 101 Å². The zero-order valence-corrected chi connectivity index (χ0v) is 25.9. The number of rotatable bonds is 7. The quantitative estimate of drug-likeness (QED) is 0.309. The predicted molar refractivity (Wildman–Crippen MR) is 164 cm³/mol. The molecule has 1 saturated heterocycles. The molecule has 1 saturated carbocycles. The Morgan fingerprint density at radius 1 is 0.907 bits per heavy atom. The number of benzene rings is 3. The van der Waals surface area contributed by atoms with E-state index in [0.29, 0.717) is 72.0 Å². The van der Waals surface area contributed by atoms with Crippen molar-refractivity contribution < 1.29 is 27.9 Å². The van der Waals surface area contributed by atoms with E-state index in [-0.39, 0.29) is 29.7 Å². The maximum atomic E-state index is 14.6. The molecule has 10 heteroatoms. The third kappa shape index (κ3) is 5.21. The Labute approximate surface area is 261 Å². The fourth-order valence-electron chi connectivity index (χ4n) is 7.32. The summed E-state index contributed by atoms with van der Waals surface area (Å²) in [7, 11) is -3.92. The Balaban J connectivity index is 1.34. The third-order valence-electron chi connectivity index (χ3n) is 9.54. The Kier molecular flexibility index (Phi) is 8.22. The van der Waals surface area contributed by atoms with E-state index in [1.165, 1.54) is 0 Å². The van der Waals surface area contributed by atoms with Crippen LogP contribution >= 0.6 is 23.2 Å². The standard InChI is InChI=1S/C33H33Cl2NO6S/c34-28-7-4-8-29(35)26(28)20-42-24-14-15-27-23(19-24)13-16-30-33(27,43(40,41)25-5-2-1-3-6-25)17-18-36(30)31(37)21-9-11-22(12-10-21)32(38)39/h1-8,14-15,19,21-22,30H,9-13,16-18,20H2,(H,38,39)/t21?,22?,30-,33-/m1/s1. The van der Waals surface area contributed by atoms with Gasteiger partial charge in [0, 0.05) is 28.1 Å². The number of nitrogens with zero attached hydrogens (tertiary/aromatic N) is 1. The molecule has 0 radical (unpaired) electrons. The average Bonchev–Trinajstić information content (AvgIpc) is 3.42. The number of aryl methyl sites for hydroxylation is 1. The number of aliphatic carboxylic acids is 1. The van der Waals surface area contributed by atoms with Crippen molar-refractivity contribution in [3.8, 4) is 5.75 Å². The second-order valence-electron chi connectivity index (χ2n) is 11.7. The highest BCUT2D eigenvalue weighted by Crippen LogP contribution is 2.53. The normalized spacial score (nSPS) is 25.1. The molecule has 6 rings (SSSR count). The summed E-state index contributed by atoms with van der Waals surface area (Å²) in [5.74, 6) is -1.01.